The van der Waals surface area contributed by atoms with Crippen LogP contribution in [-0.2, 0) is 31.2 Å². The molecular formula is C10H23O4Ti-. The molecule has 0 aliphatic carbocycles. The molecule has 0 aromatic rings. The molecule has 4 nitrogen and oxygen atoms in total. The van der Waals surface area contributed by atoms with Crippen molar-refractivity contribution in [1.29, 1.82) is 0 Å². The molecule has 1 heterocycles. The largest absolute Gasteiger partial charge is 0.397 e. The first kappa shape index (κ1) is 20.9. The molecule has 1 aliphatic rings. The fourth-order valence-electron chi connectivity index (χ4n) is 0.481. The molecule has 1 fully saturated rings. The number of hydrogen-bond acceptors (Lipinski definition) is 4. The van der Waals surface area contributed by atoms with Gasteiger partial charge in [-0.25, -0.2) is 0 Å². The van der Waals surface area contributed by atoms with E-state index in [2.05, 4.69) is 6.92 Å². The third-order valence-corrected chi connectivity index (χ3v) is 0.995. The van der Waals surface area contributed by atoms with Crippen molar-refractivity contribution in [2.45, 2.75) is 26.4 Å². The Labute approximate surface area is 108 Å². The maximum atomic E-state index is 7.57. The van der Waals surface area contributed by atoms with Crippen LogP contribution in [-0.4, -0.2) is 49.4 Å². The summed E-state index contributed by atoms with van der Waals surface area (Å²) in [6.45, 7) is 9.91. The van der Waals surface area contributed by atoms with E-state index < -0.39 is 0 Å². The monoisotopic (exact) mass is 255 g/mol. The molecule has 0 saturated carbocycles. The fraction of sp³-hybridized carbons (Fsp3) is 0.900. The smallest absolute Gasteiger partial charge is 0.104 e. The summed E-state index contributed by atoms with van der Waals surface area (Å²) in [6, 6.07) is 0. The van der Waals surface area contributed by atoms with Gasteiger partial charge in [0.1, 0.15) is 6.10 Å². The van der Waals surface area contributed by atoms with Crippen molar-refractivity contribution in [3.8, 4) is 0 Å². The van der Waals surface area contributed by atoms with Crippen molar-refractivity contribution in [1.82, 2.24) is 0 Å². The zero-order chi connectivity index (χ0) is 11.2. The Morgan fingerprint density at radius 2 is 1.73 bits per heavy atom. The van der Waals surface area contributed by atoms with E-state index in [4.69, 9.17) is 19.7 Å². The van der Waals surface area contributed by atoms with Crippen molar-refractivity contribution in [3.05, 3.63) is 6.92 Å². The van der Waals surface area contributed by atoms with Crippen LogP contribution in [0.3, 0.4) is 0 Å². The molecule has 0 radical (unpaired) electrons. The quantitative estimate of drug-likeness (QED) is 0.334. The number of epoxide rings is 1. The van der Waals surface area contributed by atoms with Gasteiger partial charge in [-0.1, -0.05) is 0 Å². The van der Waals surface area contributed by atoms with Crippen LogP contribution in [0.4, 0.5) is 0 Å². The number of aliphatic hydroxyl groups excluding tert-OH is 2. The van der Waals surface area contributed by atoms with Gasteiger partial charge in [0.05, 0.1) is 13.2 Å². The Hall–Kier alpha value is 0.554. The van der Waals surface area contributed by atoms with Gasteiger partial charge in [0.2, 0.25) is 0 Å². The minimum absolute atomic E-state index is 0. The maximum Gasteiger partial charge on any atom is 0.104 e. The third kappa shape index (κ3) is 31.3. The summed E-state index contributed by atoms with van der Waals surface area (Å²) in [6.07, 6.45) is 1.26. The van der Waals surface area contributed by atoms with Gasteiger partial charge in [-0.2, -0.15) is 6.42 Å². The standard InChI is InChI=1S/C6H11O2.2C2H6O.Ti/c1-2-3-7-4-6-5-8-6;2*1-2-3;/h6H,1-5H2;2*3H,2H2,1H3;/q-1;;;. The molecule has 92 valence electrons. The molecule has 15 heavy (non-hydrogen) atoms. The van der Waals surface area contributed by atoms with Gasteiger partial charge in [0, 0.05) is 41.5 Å². The zero-order valence-corrected chi connectivity index (χ0v) is 11.3. The van der Waals surface area contributed by atoms with Crippen LogP contribution in [0, 0.1) is 6.92 Å². The number of hydrogen-bond donors (Lipinski definition) is 2. The SMILES string of the molecule is CCO.CCO.[CH2-]CCOCC1CO1.[Ti]. The van der Waals surface area contributed by atoms with Gasteiger partial charge in [-0.3, -0.25) is 0 Å². The summed E-state index contributed by atoms with van der Waals surface area (Å²) < 4.78 is 10.0. The molecule has 0 spiro atoms. The normalized spacial score (nSPS) is 16.2. The van der Waals surface area contributed by atoms with Crippen LogP contribution in [0.5, 0.6) is 0 Å². The van der Waals surface area contributed by atoms with Crippen LogP contribution in [0.2, 0.25) is 0 Å². The molecule has 1 aliphatic heterocycles. The van der Waals surface area contributed by atoms with E-state index in [9.17, 15) is 0 Å². The van der Waals surface area contributed by atoms with Crippen LogP contribution in [0.1, 0.15) is 20.3 Å². The van der Waals surface area contributed by atoms with E-state index in [-0.39, 0.29) is 34.9 Å². The van der Waals surface area contributed by atoms with Crippen molar-refractivity contribution in [3.63, 3.8) is 0 Å². The van der Waals surface area contributed by atoms with E-state index in [1.807, 2.05) is 0 Å². The van der Waals surface area contributed by atoms with Crippen LogP contribution >= 0.6 is 0 Å². The molecule has 1 unspecified atom stereocenters. The molecule has 5 heteroatoms. The molecule has 0 bridgehead atoms. The predicted molar refractivity (Wildman–Crippen MR) is 56.1 cm³/mol. The molecule has 2 N–H and O–H groups in total. The van der Waals surface area contributed by atoms with E-state index in [0.29, 0.717) is 6.10 Å². The van der Waals surface area contributed by atoms with E-state index in [1.54, 1.807) is 13.8 Å². The van der Waals surface area contributed by atoms with Crippen molar-refractivity contribution in [2.75, 3.05) is 33.0 Å². The van der Waals surface area contributed by atoms with Gasteiger partial charge >= 0.3 is 0 Å². The summed E-state index contributed by atoms with van der Waals surface area (Å²) in [5, 5.41) is 15.1. The van der Waals surface area contributed by atoms with Crippen molar-refractivity contribution < 1.29 is 41.4 Å². The van der Waals surface area contributed by atoms with Crippen molar-refractivity contribution >= 4 is 0 Å². The number of ether oxygens (including phenoxy) is 2. The van der Waals surface area contributed by atoms with E-state index in [0.717, 1.165) is 26.2 Å². The molecular weight excluding hydrogens is 232 g/mol. The summed E-state index contributed by atoms with van der Waals surface area (Å²) in [4.78, 5) is 0. The second-order valence-electron chi connectivity index (χ2n) is 2.52. The fourth-order valence-corrected chi connectivity index (χ4v) is 0.481. The summed E-state index contributed by atoms with van der Waals surface area (Å²) in [5.74, 6) is 0. The van der Waals surface area contributed by atoms with Crippen molar-refractivity contribution in [2.24, 2.45) is 0 Å². The van der Waals surface area contributed by atoms with Gasteiger partial charge in [0.25, 0.3) is 0 Å². The Bertz CT molecular complexity index is 87.5. The van der Waals surface area contributed by atoms with Crippen LogP contribution in [0.25, 0.3) is 0 Å². The Balaban J connectivity index is -0.000000177. The first-order valence-electron chi connectivity index (χ1n) is 4.96. The minimum Gasteiger partial charge on any atom is -0.397 e. The Kier molecular flexibility index (Phi) is 27.9. The first-order valence-corrected chi connectivity index (χ1v) is 4.96. The maximum absolute atomic E-state index is 7.57. The average molecular weight is 255 g/mol. The van der Waals surface area contributed by atoms with E-state index in [1.165, 1.54) is 0 Å². The molecule has 0 aromatic heterocycles. The number of aliphatic hydroxyl groups is 2. The minimum atomic E-state index is 0. The average Bonchev–Trinajstić information content (AvgIpc) is 2.91. The van der Waals surface area contributed by atoms with Crippen LogP contribution < -0.4 is 0 Å². The molecule has 0 aromatic carbocycles. The van der Waals surface area contributed by atoms with Gasteiger partial charge in [0.15, 0.2) is 0 Å². The summed E-state index contributed by atoms with van der Waals surface area (Å²) >= 11 is 0. The molecule has 1 atom stereocenters. The Morgan fingerprint density at radius 3 is 2.00 bits per heavy atom. The molecule has 0 amide bonds. The second-order valence-corrected chi connectivity index (χ2v) is 2.52. The van der Waals surface area contributed by atoms with Gasteiger partial charge in [-0.05, 0) is 13.8 Å². The summed E-state index contributed by atoms with van der Waals surface area (Å²) in [7, 11) is 0. The summed E-state index contributed by atoms with van der Waals surface area (Å²) in [5.41, 5.74) is 0. The van der Waals surface area contributed by atoms with Crippen LogP contribution in [0.15, 0.2) is 0 Å². The van der Waals surface area contributed by atoms with Gasteiger partial charge in [-0.15, -0.1) is 0 Å². The first-order chi connectivity index (χ1) is 6.76. The third-order valence-electron chi connectivity index (χ3n) is 0.995. The second kappa shape index (κ2) is 20.0. The number of rotatable bonds is 4. The predicted octanol–water partition coefficient (Wildman–Crippen LogP) is 0.621. The molecule has 1 saturated heterocycles. The Morgan fingerprint density at radius 1 is 1.33 bits per heavy atom. The van der Waals surface area contributed by atoms with E-state index >= 15 is 0 Å². The molecule has 1 rings (SSSR count). The topological polar surface area (TPSA) is 62.2 Å². The van der Waals surface area contributed by atoms with Gasteiger partial charge < -0.3 is 26.6 Å². The zero-order valence-electron chi connectivity index (χ0n) is 9.74.